The third-order valence-corrected chi connectivity index (χ3v) is 7.22. The van der Waals surface area contributed by atoms with E-state index in [-0.39, 0.29) is 27.8 Å². The maximum absolute atomic E-state index is 13.5. The van der Waals surface area contributed by atoms with Gasteiger partial charge in [0.2, 0.25) is 0 Å². The Balaban J connectivity index is 1.88. The molecule has 0 saturated heterocycles. The first-order chi connectivity index (χ1) is 21.3. The summed E-state index contributed by atoms with van der Waals surface area (Å²) in [6.07, 6.45) is -14.6. The van der Waals surface area contributed by atoms with Crippen LogP contribution >= 0.6 is 0 Å². The standard InChI is InChI=1S/C34H23F9N2O/c1-18-9-23(14-25(11-18)32(35,36)37)27-7-5-21(13-20(27)3)31(29(17-44)45-4)22-6-8-28(30(16-22)46-34(41,42)43)24-10-19(2)12-26(15-24)33(38,39)40/h5-16,29,31H,1-3H3. The molecular formula is C34H23F9N2O. The summed E-state index contributed by atoms with van der Waals surface area (Å²) in [6.45, 7) is 12.0. The molecule has 0 aliphatic rings. The number of rotatable bonds is 6. The number of ether oxygens (including phenoxy) is 1. The van der Waals surface area contributed by atoms with Crippen LogP contribution in [0.3, 0.4) is 0 Å². The third-order valence-electron chi connectivity index (χ3n) is 7.22. The van der Waals surface area contributed by atoms with Gasteiger partial charge in [0.05, 0.1) is 17.0 Å². The van der Waals surface area contributed by atoms with Crippen molar-refractivity contribution in [2.24, 2.45) is 0 Å². The number of benzene rings is 4. The van der Waals surface area contributed by atoms with E-state index in [0.29, 0.717) is 28.3 Å². The molecule has 4 rings (SSSR count). The number of hydrogen-bond acceptors (Lipinski definition) is 2. The van der Waals surface area contributed by atoms with Gasteiger partial charge in [0.15, 0.2) is 6.07 Å². The van der Waals surface area contributed by atoms with Crippen molar-refractivity contribution < 1.29 is 44.3 Å². The van der Waals surface area contributed by atoms with Crippen LogP contribution in [-0.4, -0.2) is 12.4 Å². The molecule has 238 valence electrons. The molecule has 0 N–H and O–H groups in total. The molecule has 0 amide bonds. The fourth-order valence-electron chi connectivity index (χ4n) is 5.32. The molecule has 0 fully saturated rings. The van der Waals surface area contributed by atoms with Gasteiger partial charge in [0.1, 0.15) is 5.75 Å². The Morgan fingerprint density at radius 1 is 0.674 bits per heavy atom. The van der Waals surface area contributed by atoms with E-state index >= 15 is 0 Å². The van der Waals surface area contributed by atoms with Crippen molar-refractivity contribution in [2.75, 3.05) is 0 Å². The Morgan fingerprint density at radius 3 is 1.59 bits per heavy atom. The van der Waals surface area contributed by atoms with E-state index < -0.39 is 47.6 Å². The first-order valence-corrected chi connectivity index (χ1v) is 13.5. The van der Waals surface area contributed by atoms with E-state index in [4.69, 9.17) is 6.57 Å². The number of halogens is 9. The zero-order valence-corrected chi connectivity index (χ0v) is 24.3. The Hall–Kier alpha value is -4.97. The lowest BCUT2D eigenvalue weighted by molar-refractivity contribution is -0.274. The van der Waals surface area contributed by atoms with E-state index in [1.54, 1.807) is 13.0 Å². The Kier molecular flexibility index (Phi) is 9.17. The van der Waals surface area contributed by atoms with E-state index in [1.165, 1.54) is 44.2 Å². The van der Waals surface area contributed by atoms with Crippen molar-refractivity contribution >= 4 is 0 Å². The van der Waals surface area contributed by atoms with Crippen LogP contribution in [0.5, 0.6) is 5.75 Å². The van der Waals surface area contributed by atoms with Gasteiger partial charge in [-0.1, -0.05) is 42.5 Å². The fourth-order valence-corrected chi connectivity index (χ4v) is 5.32. The van der Waals surface area contributed by atoms with Crippen molar-refractivity contribution in [1.29, 1.82) is 5.26 Å². The average molecular weight is 647 g/mol. The molecule has 0 spiro atoms. The van der Waals surface area contributed by atoms with Gasteiger partial charge in [-0.3, -0.25) is 4.85 Å². The van der Waals surface area contributed by atoms with Crippen LogP contribution in [-0.2, 0) is 12.4 Å². The van der Waals surface area contributed by atoms with E-state index in [0.717, 1.165) is 30.3 Å². The smallest absolute Gasteiger partial charge is 0.405 e. The molecule has 0 bridgehead atoms. The SMILES string of the molecule is [C-]#[N+]C(C#N)C(c1ccc(-c2cc(C)cc(C(F)(F)F)c2)c(C)c1)c1ccc(-c2cc(C)cc(C(F)(F)F)c2)c(OC(F)(F)F)c1. The van der Waals surface area contributed by atoms with Crippen molar-refractivity contribution in [3.05, 3.63) is 123 Å². The second-order valence-corrected chi connectivity index (χ2v) is 10.7. The van der Waals surface area contributed by atoms with Gasteiger partial charge in [0.25, 0.3) is 0 Å². The molecule has 4 aromatic carbocycles. The zero-order valence-electron chi connectivity index (χ0n) is 24.3. The number of aryl methyl sites for hydroxylation is 3. The fraction of sp³-hybridized carbons (Fsp3) is 0.235. The molecule has 0 aromatic heterocycles. The van der Waals surface area contributed by atoms with Crippen molar-refractivity contribution in [1.82, 2.24) is 0 Å². The van der Waals surface area contributed by atoms with Crippen molar-refractivity contribution in [3.63, 3.8) is 0 Å². The summed E-state index contributed by atoms with van der Waals surface area (Å²) >= 11 is 0. The molecule has 46 heavy (non-hydrogen) atoms. The predicted molar refractivity (Wildman–Crippen MR) is 152 cm³/mol. The lowest BCUT2D eigenvalue weighted by Crippen LogP contribution is -2.19. The van der Waals surface area contributed by atoms with Gasteiger partial charge in [-0.2, -0.15) is 31.6 Å². The molecule has 2 atom stereocenters. The quantitative estimate of drug-likeness (QED) is 0.154. The Morgan fingerprint density at radius 2 is 1.15 bits per heavy atom. The molecule has 0 aliphatic heterocycles. The number of hydrogen-bond donors (Lipinski definition) is 0. The Labute approximate surface area is 258 Å². The van der Waals surface area contributed by atoms with Crippen LogP contribution in [0.2, 0.25) is 0 Å². The summed E-state index contributed by atoms with van der Waals surface area (Å²) < 4.78 is 126. The summed E-state index contributed by atoms with van der Waals surface area (Å²) in [5.74, 6) is -2.01. The highest BCUT2D eigenvalue weighted by atomic mass is 19.4. The average Bonchev–Trinajstić information content (AvgIpc) is 2.93. The molecule has 0 aliphatic carbocycles. The van der Waals surface area contributed by atoms with E-state index in [2.05, 4.69) is 9.58 Å². The first-order valence-electron chi connectivity index (χ1n) is 13.5. The Bertz CT molecular complexity index is 1850. The lowest BCUT2D eigenvalue weighted by atomic mass is 9.83. The minimum absolute atomic E-state index is 0.0244. The molecule has 0 radical (unpaired) electrons. The predicted octanol–water partition coefficient (Wildman–Crippen LogP) is 10.8. The summed E-state index contributed by atoms with van der Waals surface area (Å²) in [5, 5.41) is 9.80. The normalized spacial score (nSPS) is 13.4. The maximum Gasteiger partial charge on any atom is 0.573 e. The molecule has 3 nitrogen and oxygen atoms in total. The van der Waals surface area contributed by atoms with Crippen LogP contribution in [0.4, 0.5) is 39.5 Å². The summed E-state index contributed by atoms with van der Waals surface area (Å²) in [6, 6.07) is 14.6. The van der Waals surface area contributed by atoms with Crippen molar-refractivity contribution in [3.8, 4) is 34.1 Å². The van der Waals surface area contributed by atoms with Crippen LogP contribution in [0.1, 0.15) is 44.9 Å². The molecule has 12 heteroatoms. The molecule has 0 saturated carbocycles. The van der Waals surface area contributed by atoms with Crippen LogP contribution in [0.25, 0.3) is 27.1 Å². The van der Waals surface area contributed by atoms with Gasteiger partial charge in [-0.15, -0.1) is 13.2 Å². The summed E-state index contributed by atoms with van der Waals surface area (Å²) in [7, 11) is 0. The molecule has 4 aromatic rings. The molecular weight excluding hydrogens is 623 g/mol. The second kappa shape index (κ2) is 12.4. The van der Waals surface area contributed by atoms with Gasteiger partial charge >= 0.3 is 24.8 Å². The molecule has 0 heterocycles. The van der Waals surface area contributed by atoms with Crippen LogP contribution < -0.4 is 4.74 Å². The van der Waals surface area contributed by atoms with Gasteiger partial charge < -0.3 is 4.74 Å². The largest absolute Gasteiger partial charge is 0.573 e. The van der Waals surface area contributed by atoms with Gasteiger partial charge in [-0.25, -0.2) is 6.57 Å². The number of alkyl halides is 9. The molecule has 2 unspecified atom stereocenters. The second-order valence-electron chi connectivity index (χ2n) is 10.7. The first kappa shape index (κ1) is 33.9. The van der Waals surface area contributed by atoms with Crippen LogP contribution in [0, 0.1) is 38.7 Å². The van der Waals surface area contributed by atoms with Gasteiger partial charge in [-0.05, 0) is 95.6 Å². The number of nitrogens with zero attached hydrogens (tertiary/aromatic N) is 2. The highest BCUT2D eigenvalue weighted by molar-refractivity contribution is 5.73. The lowest BCUT2D eigenvalue weighted by Gasteiger charge is -2.21. The topological polar surface area (TPSA) is 37.4 Å². The monoisotopic (exact) mass is 646 g/mol. The highest BCUT2D eigenvalue weighted by Crippen LogP contribution is 2.42. The van der Waals surface area contributed by atoms with Crippen molar-refractivity contribution in [2.45, 2.75) is 51.4 Å². The number of nitriles is 1. The van der Waals surface area contributed by atoms with E-state index in [1.807, 2.05) is 6.07 Å². The van der Waals surface area contributed by atoms with Crippen LogP contribution in [0.15, 0.2) is 72.8 Å². The highest BCUT2D eigenvalue weighted by Gasteiger charge is 2.36. The minimum atomic E-state index is -5.24. The summed E-state index contributed by atoms with van der Waals surface area (Å²) in [4.78, 5) is 3.33. The maximum atomic E-state index is 13.5. The van der Waals surface area contributed by atoms with E-state index in [9.17, 15) is 44.8 Å². The minimum Gasteiger partial charge on any atom is -0.405 e. The summed E-state index contributed by atoms with van der Waals surface area (Å²) in [5.41, 5.74) is -0.479. The van der Waals surface area contributed by atoms with Gasteiger partial charge in [0, 0.05) is 5.56 Å². The third kappa shape index (κ3) is 7.63. The zero-order chi connectivity index (χ0) is 34.2.